The van der Waals surface area contributed by atoms with Crippen molar-refractivity contribution in [1.29, 1.82) is 0 Å². The summed E-state index contributed by atoms with van der Waals surface area (Å²) in [6.07, 6.45) is 7.91. The van der Waals surface area contributed by atoms with Gasteiger partial charge < -0.3 is 15.5 Å². The van der Waals surface area contributed by atoms with E-state index >= 15 is 0 Å². The van der Waals surface area contributed by atoms with E-state index in [1.54, 1.807) is 36.4 Å². The maximum atomic E-state index is 12.2. The standard InChI is InChI=1S/C21H24N2O3.C11H13N3.C8H16/c1-16(24)19(23-21(26)18-12-6-3-7-13-18)14-8-9-15-22-20(25)17-10-4-2-5-11-17;1-8-12-10-7-5-4-6-9(10)11(13-8)14(2)3;1-7-3-5-8(2)6-4-7/h2-7,10-13,19H,8-9,14-15H2,1H3,(H,22,25)(H,23,26);4-7H,1-3H3;7-8H,3-6H2,1-2H3. The third kappa shape index (κ3) is 12.9. The van der Waals surface area contributed by atoms with Crippen LogP contribution in [0.25, 0.3) is 10.9 Å². The summed E-state index contributed by atoms with van der Waals surface area (Å²) in [6, 6.07) is 25.4. The molecule has 1 fully saturated rings. The number of fused-ring (bicyclic) bond motifs is 1. The van der Waals surface area contributed by atoms with Gasteiger partial charge in [-0.3, -0.25) is 14.4 Å². The molecule has 48 heavy (non-hydrogen) atoms. The summed E-state index contributed by atoms with van der Waals surface area (Å²) < 4.78 is 0. The molecule has 5 rings (SSSR count). The summed E-state index contributed by atoms with van der Waals surface area (Å²) in [4.78, 5) is 46.7. The average Bonchev–Trinajstić information content (AvgIpc) is 3.09. The van der Waals surface area contributed by atoms with Crippen molar-refractivity contribution in [2.75, 3.05) is 25.5 Å². The van der Waals surface area contributed by atoms with Crippen LogP contribution >= 0.6 is 0 Å². The largest absolute Gasteiger partial charge is 0.362 e. The summed E-state index contributed by atoms with van der Waals surface area (Å²) in [5.41, 5.74) is 2.17. The molecule has 8 heteroatoms. The van der Waals surface area contributed by atoms with Crippen LogP contribution in [0.15, 0.2) is 84.9 Å². The van der Waals surface area contributed by atoms with Crippen molar-refractivity contribution >= 4 is 34.3 Å². The SMILES string of the molecule is CC(=O)C(CCCCNC(=O)c1ccccc1)NC(=O)c1ccccc1.CC1CCC(C)CC1.Cc1nc(N(C)C)c2ccccc2n1. The maximum absolute atomic E-state index is 12.2. The van der Waals surface area contributed by atoms with E-state index in [4.69, 9.17) is 0 Å². The third-order valence-corrected chi connectivity index (χ3v) is 8.50. The zero-order valence-corrected chi connectivity index (χ0v) is 29.5. The highest BCUT2D eigenvalue weighted by atomic mass is 16.2. The van der Waals surface area contributed by atoms with Gasteiger partial charge in [0.25, 0.3) is 11.8 Å². The number of benzene rings is 3. The predicted molar refractivity (Wildman–Crippen MR) is 196 cm³/mol. The number of hydrogen-bond donors (Lipinski definition) is 2. The minimum absolute atomic E-state index is 0.0670. The van der Waals surface area contributed by atoms with Crippen molar-refractivity contribution in [1.82, 2.24) is 20.6 Å². The lowest BCUT2D eigenvalue weighted by atomic mass is 9.84. The van der Waals surface area contributed by atoms with Crippen LogP contribution in [0.3, 0.4) is 0 Å². The van der Waals surface area contributed by atoms with Gasteiger partial charge in [-0.15, -0.1) is 0 Å². The number of carbonyl (C=O) groups excluding carboxylic acids is 3. The first-order valence-electron chi connectivity index (χ1n) is 17.2. The number of amides is 2. The number of nitrogens with one attached hydrogen (secondary N) is 2. The van der Waals surface area contributed by atoms with Crippen molar-refractivity contribution in [3.8, 4) is 0 Å². The van der Waals surface area contributed by atoms with E-state index < -0.39 is 6.04 Å². The number of para-hydroxylation sites is 1. The molecule has 2 N–H and O–H groups in total. The highest BCUT2D eigenvalue weighted by Crippen LogP contribution is 2.27. The zero-order chi connectivity index (χ0) is 34.9. The van der Waals surface area contributed by atoms with Crippen molar-refractivity contribution in [2.45, 2.75) is 78.7 Å². The number of Topliss-reactive ketones (excluding diaryl/α,β-unsaturated/α-hetero) is 1. The second-order valence-corrected chi connectivity index (χ2v) is 13.0. The average molecular weight is 652 g/mol. The zero-order valence-electron chi connectivity index (χ0n) is 29.5. The number of anilines is 1. The number of nitrogens with zero attached hydrogens (tertiary/aromatic N) is 3. The maximum Gasteiger partial charge on any atom is 0.251 e. The Morgan fingerprint density at radius 2 is 1.27 bits per heavy atom. The van der Waals surface area contributed by atoms with Gasteiger partial charge in [0.05, 0.1) is 11.6 Å². The van der Waals surface area contributed by atoms with Crippen LogP contribution < -0.4 is 15.5 Å². The highest BCUT2D eigenvalue weighted by Gasteiger charge is 2.17. The number of aryl methyl sites for hydroxylation is 1. The number of ketones is 1. The lowest BCUT2D eigenvalue weighted by Crippen LogP contribution is -2.39. The number of aromatic nitrogens is 2. The first-order chi connectivity index (χ1) is 23.0. The van der Waals surface area contributed by atoms with Gasteiger partial charge in [0.1, 0.15) is 11.6 Å². The normalized spacial score (nSPS) is 15.9. The van der Waals surface area contributed by atoms with Crippen LogP contribution in [0.4, 0.5) is 5.82 Å². The molecule has 1 aliphatic rings. The van der Waals surface area contributed by atoms with Gasteiger partial charge in [-0.25, -0.2) is 9.97 Å². The number of carbonyl (C=O) groups is 3. The summed E-state index contributed by atoms with van der Waals surface area (Å²) in [6.45, 7) is 8.66. The van der Waals surface area contributed by atoms with Crippen LogP contribution in [0.2, 0.25) is 0 Å². The molecule has 0 bridgehead atoms. The summed E-state index contributed by atoms with van der Waals surface area (Å²) >= 11 is 0. The Morgan fingerprint density at radius 1 is 0.750 bits per heavy atom. The van der Waals surface area contributed by atoms with Gasteiger partial charge in [0.2, 0.25) is 0 Å². The fourth-order valence-electron chi connectivity index (χ4n) is 5.52. The van der Waals surface area contributed by atoms with Crippen LogP contribution in [-0.4, -0.2) is 54.2 Å². The Balaban J connectivity index is 0.000000234. The van der Waals surface area contributed by atoms with Crippen molar-refractivity contribution < 1.29 is 14.4 Å². The van der Waals surface area contributed by atoms with Crippen LogP contribution in [0, 0.1) is 18.8 Å². The Bertz CT molecular complexity index is 1560. The minimum atomic E-state index is -0.507. The molecule has 3 aromatic carbocycles. The fraction of sp³-hybridized carbons (Fsp3) is 0.425. The molecule has 0 saturated heterocycles. The van der Waals surface area contributed by atoms with Gasteiger partial charge in [0, 0.05) is 37.2 Å². The minimum Gasteiger partial charge on any atom is -0.362 e. The van der Waals surface area contributed by atoms with Crippen LogP contribution in [0.1, 0.15) is 92.3 Å². The van der Waals surface area contributed by atoms with Gasteiger partial charge in [0.15, 0.2) is 5.78 Å². The number of rotatable bonds is 10. The van der Waals surface area contributed by atoms with Crippen molar-refractivity contribution in [2.24, 2.45) is 11.8 Å². The second kappa shape index (κ2) is 19.9. The van der Waals surface area contributed by atoms with Crippen molar-refractivity contribution in [3.63, 3.8) is 0 Å². The van der Waals surface area contributed by atoms with Gasteiger partial charge in [-0.2, -0.15) is 0 Å². The summed E-state index contributed by atoms with van der Waals surface area (Å²) in [5.74, 6) is 3.41. The topological polar surface area (TPSA) is 104 Å². The first kappa shape index (κ1) is 37.9. The molecule has 8 nitrogen and oxygen atoms in total. The quantitative estimate of drug-likeness (QED) is 0.170. The molecule has 0 radical (unpaired) electrons. The highest BCUT2D eigenvalue weighted by molar-refractivity contribution is 5.97. The lowest BCUT2D eigenvalue weighted by Gasteiger charge is -2.22. The Hall–Kier alpha value is -4.59. The molecule has 4 aromatic rings. The monoisotopic (exact) mass is 651 g/mol. The Kier molecular flexibility index (Phi) is 15.7. The van der Waals surface area contributed by atoms with E-state index in [9.17, 15) is 14.4 Å². The Labute approximate surface area is 286 Å². The lowest BCUT2D eigenvalue weighted by molar-refractivity contribution is -0.119. The van der Waals surface area contributed by atoms with E-state index in [1.165, 1.54) is 32.6 Å². The summed E-state index contributed by atoms with van der Waals surface area (Å²) in [5, 5.41) is 6.74. The number of hydrogen-bond acceptors (Lipinski definition) is 6. The van der Waals surface area contributed by atoms with E-state index in [0.29, 0.717) is 24.1 Å². The van der Waals surface area contributed by atoms with Gasteiger partial charge in [-0.1, -0.05) is 88.1 Å². The molecule has 1 saturated carbocycles. The molecular weight excluding hydrogens is 598 g/mol. The third-order valence-electron chi connectivity index (χ3n) is 8.50. The smallest absolute Gasteiger partial charge is 0.251 e. The molecular formula is C40H53N5O3. The van der Waals surface area contributed by atoms with Crippen LogP contribution in [-0.2, 0) is 4.79 Å². The summed E-state index contributed by atoms with van der Waals surface area (Å²) in [7, 11) is 3.99. The van der Waals surface area contributed by atoms with Crippen LogP contribution in [0.5, 0.6) is 0 Å². The van der Waals surface area contributed by atoms with E-state index in [0.717, 1.165) is 47.2 Å². The van der Waals surface area contributed by atoms with Gasteiger partial charge in [-0.05, 0) is 81.3 Å². The molecule has 0 aliphatic heterocycles. The molecule has 1 unspecified atom stereocenters. The van der Waals surface area contributed by atoms with E-state index in [1.807, 2.05) is 74.4 Å². The predicted octanol–water partition coefficient (Wildman–Crippen LogP) is 7.81. The first-order valence-corrected chi connectivity index (χ1v) is 17.2. The fourth-order valence-corrected chi connectivity index (χ4v) is 5.52. The molecule has 1 atom stereocenters. The number of unbranched alkanes of at least 4 members (excludes halogenated alkanes) is 1. The molecule has 2 amide bonds. The second-order valence-electron chi connectivity index (χ2n) is 13.0. The Morgan fingerprint density at radius 3 is 1.81 bits per heavy atom. The molecule has 1 aromatic heterocycles. The van der Waals surface area contributed by atoms with E-state index in [2.05, 4.69) is 34.4 Å². The van der Waals surface area contributed by atoms with Crippen molar-refractivity contribution in [3.05, 3.63) is 102 Å². The molecule has 1 heterocycles. The molecule has 1 aliphatic carbocycles. The van der Waals surface area contributed by atoms with Gasteiger partial charge >= 0.3 is 0 Å². The van der Waals surface area contributed by atoms with E-state index in [-0.39, 0.29) is 17.6 Å². The molecule has 0 spiro atoms. The molecule has 256 valence electrons.